The monoisotopic (exact) mass is 281 g/mol. The maximum Gasteiger partial charge on any atom is 0.182 e. The van der Waals surface area contributed by atoms with E-state index in [2.05, 4.69) is 22.4 Å². The standard InChI is InChI=1S/C12H16ClN5O/c1-3-9(7-19-2)18-12(15-16-17-18)8-4-5-11(14)10(13)6-8/h4-6,9H,3,7,14H2,1-2H3. The molecular weight excluding hydrogens is 266 g/mol. The van der Waals surface area contributed by atoms with Crippen molar-refractivity contribution in [2.24, 2.45) is 0 Å². The number of tetrazole rings is 1. The number of aromatic nitrogens is 4. The highest BCUT2D eigenvalue weighted by molar-refractivity contribution is 6.33. The van der Waals surface area contributed by atoms with E-state index in [1.165, 1.54) is 0 Å². The van der Waals surface area contributed by atoms with Gasteiger partial charge < -0.3 is 10.5 Å². The molecule has 6 nitrogen and oxygen atoms in total. The molecule has 0 fully saturated rings. The van der Waals surface area contributed by atoms with Gasteiger partial charge in [-0.25, -0.2) is 4.68 Å². The van der Waals surface area contributed by atoms with Crippen molar-refractivity contribution in [2.75, 3.05) is 19.5 Å². The number of hydrogen-bond donors (Lipinski definition) is 1. The van der Waals surface area contributed by atoms with Crippen LogP contribution in [0.25, 0.3) is 11.4 Å². The third kappa shape index (κ3) is 2.85. The summed E-state index contributed by atoms with van der Waals surface area (Å²) in [6.45, 7) is 2.61. The summed E-state index contributed by atoms with van der Waals surface area (Å²) in [4.78, 5) is 0. The second-order valence-electron chi connectivity index (χ2n) is 4.20. The first-order valence-electron chi connectivity index (χ1n) is 5.99. The van der Waals surface area contributed by atoms with E-state index in [1.807, 2.05) is 6.07 Å². The first kappa shape index (κ1) is 13.8. The first-order valence-corrected chi connectivity index (χ1v) is 6.37. The zero-order valence-electron chi connectivity index (χ0n) is 10.9. The summed E-state index contributed by atoms with van der Waals surface area (Å²) in [7, 11) is 1.66. The second kappa shape index (κ2) is 5.99. The predicted octanol–water partition coefficient (Wildman–Crippen LogP) is 2.17. The zero-order valence-corrected chi connectivity index (χ0v) is 11.6. The Balaban J connectivity index is 2.40. The normalized spacial score (nSPS) is 12.6. The quantitative estimate of drug-likeness (QED) is 0.850. The summed E-state index contributed by atoms with van der Waals surface area (Å²) < 4.78 is 6.95. The summed E-state index contributed by atoms with van der Waals surface area (Å²) in [5, 5.41) is 12.3. The van der Waals surface area contributed by atoms with Crippen LogP contribution in [0, 0.1) is 0 Å². The Morgan fingerprint density at radius 1 is 1.47 bits per heavy atom. The fourth-order valence-corrected chi connectivity index (χ4v) is 2.03. The summed E-state index contributed by atoms with van der Waals surface area (Å²) in [5.74, 6) is 0.658. The van der Waals surface area contributed by atoms with Gasteiger partial charge >= 0.3 is 0 Å². The Kier molecular flexibility index (Phi) is 4.34. The van der Waals surface area contributed by atoms with Gasteiger partial charge in [-0.3, -0.25) is 0 Å². The van der Waals surface area contributed by atoms with Crippen LogP contribution in [0.5, 0.6) is 0 Å². The molecule has 1 aromatic carbocycles. The number of nitrogens with zero attached hydrogens (tertiary/aromatic N) is 4. The van der Waals surface area contributed by atoms with Gasteiger partial charge in [0.25, 0.3) is 0 Å². The number of methoxy groups -OCH3 is 1. The molecule has 7 heteroatoms. The molecule has 1 atom stereocenters. The van der Waals surface area contributed by atoms with Crippen molar-refractivity contribution >= 4 is 17.3 Å². The predicted molar refractivity (Wildman–Crippen MR) is 73.9 cm³/mol. The van der Waals surface area contributed by atoms with Crippen LogP contribution in [0.1, 0.15) is 19.4 Å². The van der Waals surface area contributed by atoms with E-state index in [1.54, 1.807) is 23.9 Å². The SMILES string of the molecule is CCC(COC)n1nnnc1-c1ccc(N)c(Cl)c1. The fraction of sp³-hybridized carbons (Fsp3) is 0.417. The highest BCUT2D eigenvalue weighted by Gasteiger charge is 2.17. The van der Waals surface area contributed by atoms with Crippen LogP contribution in [0.4, 0.5) is 5.69 Å². The molecule has 0 bridgehead atoms. The maximum absolute atomic E-state index is 6.03. The Morgan fingerprint density at radius 2 is 2.26 bits per heavy atom. The molecule has 0 aliphatic carbocycles. The van der Waals surface area contributed by atoms with Gasteiger partial charge in [0.15, 0.2) is 5.82 Å². The van der Waals surface area contributed by atoms with Crippen LogP contribution in [-0.2, 0) is 4.74 Å². The highest BCUT2D eigenvalue weighted by Crippen LogP contribution is 2.27. The lowest BCUT2D eigenvalue weighted by Gasteiger charge is -2.15. The topological polar surface area (TPSA) is 78.8 Å². The van der Waals surface area contributed by atoms with Crippen LogP contribution in [0.15, 0.2) is 18.2 Å². The highest BCUT2D eigenvalue weighted by atomic mass is 35.5. The van der Waals surface area contributed by atoms with Crippen molar-refractivity contribution in [1.82, 2.24) is 20.2 Å². The fourth-order valence-electron chi connectivity index (χ4n) is 1.85. The van der Waals surface area contributed by atoms with E-state index >= 15 is 0 Å². The minimum Gasteiger partial charge on any atom is -0.398 e. The molecule has 19 heavy (non-hydrogen) atoms. The molecule has 2 N–H and O–H groups in total. The number of nitrogen functional groups attached to an aromatic ring is 1. The first-order chi connectivity index (χ1) is 9.17. The van der Waals surface area contributed by atoms with E-state index < -0.39 is 0 Å². The van der Waals surface area contributed by atoms with E-state index in [0.717, 1.165) is 12.0 Å². The lowest BCUT2D eigenvalue weighted by Crippen LogP contribution is -2.16. The van der Waals surface area contributed by atoms with Crippen molar-refractivity contribution in [3.63, 3.8) is 0 Å². The van der Waals surface area contributed by atoms with Crippen LogP contribution in [0.2, 0.25) is 5.02 Å². The Hall–Kier alpha value is -1.66. The number of hydrogen-bond acceptors (Lipinski definition) is 5. The maximum atomic E-state index is 6.03. The molecule has 1 heterocycles. The summed E-state index contributed by atoms with van der Waals surface area (Å²) >= 11 is 6.03. The van der Waals surface area contributed by atoms with Crippen molar-refractivity contribution < 1.29 is 4.74 Å². The number of halogens is 1. The van der Waals surface area contributed by atoms with Crippen molar-refractivity contribution in [1.29, 1.82) is 0 Å². The molecular formula is C12H16ClN5O. The Bertz CT molecular complexity index is 557. The molecule has 0 saturated heterocycles. The molecule has 102 valence electrons. The van der Waals surface area contributed by atoms with Crippen molar-refractivity contribution in [3.8, 4) is 11.4 Å². The lowest BCUT2D eigenvalue weighted by molar-refractivity contribution is 0.147. The van der Waals surface area contributed by atoms with E-state index in [-0.39, 0.29) is 6.04 Å². The van der Waals surface area contributed by atoms with E-state index in [4.69, 9.17) is 22.1 Å². The molecule has 1 unspecified atom stereocenters. The van der Waals surface area contributed by atoms with Crippen LogP contribution < -0.4 is 5.73 Å². The van der Waals surface area contributed by atoms with Gasteiger partial charge in [-0.2, -0.15) is 0 Å². The number of rotatable bonds is 5. The van der Waals surface area contributed by atoms with Gasteiger partial charge in [0.1, 0.15) is 0 Å². The third-order valence-corrected chi connectivity index (χ3v) is 3.25. The Morgan fingerprint density at radius 3 is 2.89 bits per heavy atom. The number of ether oxygens (including phenoxy) is 1. The third-order valence-electron chi connectivity index (χ3n) is 2.93. The molecule has 0 radical (unpaired) electrons. The van der Waals surface area contributed by atoms with Crippen LogP contribution >= 0.6 is 11.6 Å². The minimum atomic E-state index is 0.0892. The molecule has 2 rings (SSSR count). The molecule has 0 aliphatic heterocycles. The van der Waals surface area contributed by atoms with Crippen LogP contribution in [-0.4, -0.2) is 33.9 Å². The van der Waals surface area contributed by atoms with Gasteiger partial charge in [-0.1, -0.05) is 18.5 Å². The van der Waals surface area contributed by atoms with Crippen molar-refractivity contribution in [2.45, 2.75) is 19.4 Å². The molecule has 2 aromatic rings. The number of nitrogens with two attached hydrogens (primary N) is 1. The second-order valence-corrected chi connectivity index (χ2v) is 4.61. The summed E-state index contributed by atoms with van der Waals surface area (Å²) in [6, 6.07) is 5.45. The molecule has 0 saturated carbocycles. The number of anilines is 1. The molecule has 1 aromatic heterocycles. The van der Waals surface area contributed by atoms with Gasteiger partial charge in [-0.15, -0.1) is 5.10 Å². The molecule has 0 amide bonds. The smallest absolute Gasteiger partial charge is 0.182 e. The molecule has 0 spiro atoms. The summed E-state index contributed by atoms with van der Waals surface area (Å²) in [6.07, 6.45) is 0.870. The largest absolute Gasteiger partial charge is 0.398 e. The van der Waals surface area contributed by atoms with Gasteiger partial charge in [0.2, 0.25) is 0 Å². The minimum absolute atomic E-state index is 0.0892. The van der Waals surface area contributed by atoms with E-state index in [9.17, 15) is 0 Å². The number of benzene rings is 1. The van der Waals surface area contributed by atoms with Crippen LogP contribution in [0.3, 0.4) is 0 Å². The van der Waals surface area contributed by atoms with Crippen molar-refractivity contribution in [3.05, 3.63) is 23.2 Å². The zero-order chi connectivity index (χ0) is 13.8. The lowest BCUT2D eigenvalue weighted by atomic mass is 10.1. The molecule has 0 aliphatic rings. The van der Waals surface area contributed by atoms with E-state index in [0.29, 0.717) is 23.1 Å². The van der Waals surface area contributed by atoms with Gasteiger partial charge in [0.05, 0.1) is 23.4 Å². The van der Waals surface area contributed by atoms with Gasteiger partial charge in [0, 0.05) is 12.7 Å². The van der Waals surface area contributed by atoms with Gasteiger partial charge in [-0.05, 0) is 35.0 Å². The Labute approximate surface area is 116 Å². The average molecular weight is 282 g/mol. The average Bonchev–Trinajstić information content (AvgIpc) is 2.88. The summed E-state index contributed by atoms with van der Waals surface area (Å²) in [5.41, 5.74) is 7.07.